The number of carbonyl (C=O) groups excluding carboxylic acids is 1. The molecule has 1 amide bonds. The lowest BCUT2D eigenvalue weighted by molar-refractivity contribution is 0.100. The van der Waals surface area contributed by atoms with Crippen LogP contribution in [-0.2, 0) is 6.54 Å². The molecule has 0 bridgehead atoms. The molecule has 1 aromatic heterocycles. The summed E-state index contributed by atoms with van der Waals surface area (Å²) in [5, 5.41) is 9.58. The predicted molar refractivity (Wildman–Crippen MR) is 131 cm³/mol. The maximum atomic E-state index is 13.6. The van der Waals surface area contributed by atoms with E-state index in [2.05, 4.69) is 30.9 Å². The van der Waals surface area contributed by atoms with Crippen LogP contribution in [0, 0.1) is 17.5 Å². The van der Waals surface area contributed by atoms with E-state index in [1.54, 1.807) is 24.5 Å². The Hall–Kier alpha value is -3.66. The van der Waals surface area contributed by atoms with E-state index in [4.69, 9.17) is 11.6 Å². The van der Waals surface area contributed by atoms with E-state index in [-0.39, 0.29) is 35.2 Å². The first-order valence-electron chi connectivity index (χ1n) is 11.4. The van der Waals surface area contributed by atoms with Gasteiger partial charge in [0.25, 0.3) is 5.91 Å². The topological polar surface area (TPSA) is 91.3 Å². The normalized spacial score (nSPS) is 17.9. The van der Waals surface area contributed by atoms with Crippen LogP contribution in [0.5, 0.6) is 0 Å². The van der Waals surface area contributed by atoms with Gasteiger partial charge < -0.3 is 16.0 Å². The Morgan fingerprint density at radius 2 is 1.64 bits per heavy atom. The number of guanidine groups is 1. The Morgan fingerprint density at radius 3 is 2.33 bits per heavy atom. The van der Waals surface area contributed by atoms with Crippen LogP contribution in [0.3, 0.4) is 0 Å². The van der Waals surface area contributed by atoms with Gasteiger partial charge in [0, 0.05) is 36.6 Å². The number of hydrogen-bond donors (Lipinski definition) is 3. The molecule has 0 spiro atoms. The number of amides is 1. The maximum absolute atomic E-state index is 13.6. The molecule has 1 aliphatic carbocycles. The molecule has 188 valence electrons. The maximum Gasteiger partial charge on any atom is 0.280 e. The summed E-state index contributed by atoms with van der Waals surface area (Å²) in [6, 6.07) is 9.12. The van der Waals surface area contributed by atoms with Crippen LogP contribution in [0.25, 0.3) is 0 Å². The Kier molecular flexibility index (Phi) is 8.37. The van der Waals surface area contributed by atoms with Crippen LogP contribution in [0.2, 0.25) is 5.02 Å². The van der Waals surface area contributed by atoms with Crippen LogP contribution >= 0.6 is 11.6 Å². The third-order valence-corrected chi connectivity index (χ3v) is 6.08. The number of aromatic nitrogens is 2. The lowest BCUT2D eigenvalue weighted by Crippen LogP contribution is -2.46. The number of nitrogens with one attached hydrogen (secondary N) is 3. The highest BCUT2D eigenvalue weighted by Crippen LogP contribution is 2.21. The van der Waals surface area contributed by atoms with Crippen molar-refractivity contribution in [2.45, 2.75) is 44.3 Å². The minimum Gasteiger partial charge on any atom is -0.353 e. The second-order valence-electron chi connectivity index (χ2n) is 8.41. The number of anilines is 1. The van der Waals surface area contributed by atoms with E-state index in [0.717, 1.165) is 37.8 Å². The van der Waals surface area contributed by atoms with Crippen molar-refractivity contribution < 1.29 is 18.0 Å². The Bertz CT molecular complexity index is 1240. The standard InChI is InChI=1S/C25H24ClF3N6O/c26-19-12-15(2-8-20(19)27)14-32-25(35-23(36)16-3-9-21(28)22(29)13-16)34-18-6-4-17(5-7-18)33-24-30-10-1-11-31-24/h1-3,8-13,17-18H,4-7,14H2,(H,30,31,33)(H2,32,34,35,36)/t17-,18-. The highest BCUT2D eigenvalue weighted by atomic mass is 35.5. The molecule has 36 heavy (non-hydrogen) atoms. The molecule has 0 atom stereocenters. The minimum absolute atomic E-state index is 0.0144. The Labute approximate surface area is 211 Å². The molecule has 1 fully saturated rings. The van der Waals surface area contributed by atoms with Crippen molar-refractivity contribution in [3.63, 3.8) is 0 Å². The molecular formula is C25H24ClF3N6O. The number of aliphatic imine (C=N–C) groups is 1. The Morgan fingerprint density at radius 1 is 0.944 bits per heavy atom. The lowest BCUT2D eigenvalue weighted by Gasteiger charge is -2.30. The van der Waals surface area contributed by atoms with Gasteiger partial charge >= 0.3 is 0 Å². The third-order valence-electron chi connectivity index (χ3n) is 5.79. The van der Waals surface area contributed by atoms with Crippen LogP contribution < -0.4 is 16.0 Å². The molecule has 0 saturated heterocycles. The molecule has 11 heteroatoms. The van der Waals surface area contributed by atoms with Gasteiger partial charge in [0.05, 0.1) is 5.02 Å². The first-order chi connectivity index (χ1) is 17.4. The van der Waals surface area contributed by atoms with Crippen molar-refractivity contribution in [2.24, 2.45) is 4.99 Å². The van der Waals surface area contributed by atoms with E-state index < -0.39 is 23.4 Å². The summed E-state index contributed by atoms with van der Waals surface area (Å²) < 4.78 is 40.4. The second kappa shape index (κ2) is 11.9. The number of benzene rings is 2. The average molecular weight is 517 g/mol. The van der Waals surface area contributed by atoms with Gasteiger partial charge in [0.15, 0.2) is 17.6 Å². The highest BCUT2D eigenvalue weighted by Gasteiger charge is 2.23. The molecule has 4 rings (SSSR count). The molecule has 1 saturated carbocycles. The van der Waals surface area contributed by atoms with Gasteiger partial charge in [-0.1, -0.05) is 17.7 Å². The second-order valence-corrected chi connectivity index (χ2v) is 8.81. The number of carbonyl (C=O) groups is 1. The molecule has 0 aliphatic heterocycles. The summed E-state index contributed by atoms with van der Waals surface area (Å²) in [5.41, 5.74) is 0.586. The molecule has 0 radical (unpaired) electrons. The minimum atomic E-state index is -1.13. The van der Waals surface area contributed by atoms with E-state index >= 15 is 0 Å². The zero-order valence-corrected chi connectivity index (χ0v) is 19.9. The molecular weight excluding hydrogens is 493 g/mol. The Balaban J connectivity index is 1.43. The highest BCUT2D eigenvalue weighted by molar-refractivity contribution is 6.30. The van der Waals surface area contributed by atoms with Gasteiger partial charge in [-0.25, -0.2) is 23.1 Å². The van der Waals surface area contributed by atoms with Crippen molar-refractivity contribution in [1.29, 1.82) is 0 Å². The van der Waals surface area contributed by atoms with Crippen molar-refractivity contribution in [3.8, 4) is 0 Å². The van der Waals surface area contributed by atoms with Crippen LogP contribution in [0.1, 0.15) is 41.6 Å². The van der Waals surface area contributed by atoms with Crippen LogP contribution in [-0.4, -0.2) is 33.9 Å². The van der Waals surface area contributed by atoms with Gasteiger partial charge in [0.2, 0.25) is 5.95 Å². The van der Waals surface area contributed by atoms with Crippen LogP contribution in [0.4, 0.5) is 19.1 Å². The van der Waals surface area contributed by atoms with Gasteiger partial charge in [-0.2, -0.15) is 4.99 Å². The molecule has 3 aromatic rings. The van der Waals surface area contributed by atoms with Gasteiger partial charge in [0.1, 0.15) is 5.82 Å². The third kappa shape index (κ3) is 6.94. The lowest BCUT2D eigenvalue weighted by atomic mass is 9.91. The summed E-state index contributed by atoms with van der Waals surface area (Å²) in [6.45, 7) is 0.207. The van der Waals surface area contributed by atoms with Gasteiger partial charge in [-0.3, -0.25) is 4.79 Å². The van der Waals surface area contributed by atoms with E-state index in [0.29, 0.717) is 11.5 Å². The van der Waals surface area contributed by atoms with Crippen molar-refractivity contribution in [3.05, 3.63) is 88.5 Å². The first kappa shape index (κ1) is 25.4. The molecule has 3 N–H and O–H groups in total. The molecule has 1 aliphatic rings. The van der Waals surface area contributed by atoms with Crippen molar-refractivity contribution in [1.82, 2.24) is 20.6 Å². The summed E-state index contributed by atoms with van der Waals surface area (Å²) in [4.78, 5) is 25.1. The zero-order chi connectivity index (χ0) is 25.5. The van der Waals surface area contributed by atoms with E-state index in [1.807, 2.05) is 0 Å². The van der Waals surface area contributed by atoms with E-state index in [9.17, 15) is 18.0 Å². The number of rotatable bonds is 6. The van der Waals surface area contributed by atoms with Crippen molar-refractivity contribution in [2.75, 3.05) is 5.32 Å². The van der Waals surface area contributed by atoms with Gasteiger partial charge in [-0.15, -0.1) is 0 Å². The van der Waals surface area contributed by atoms with Crippen LogP contribution in [0.15, 0.2) is 59.9 Å². The summed E-state index contributed by atoms with van der Waals surface area (Å²) in [6.07, 6.45) is 6.60. The predicted octanol–water partition coefficient (Wildman–Crippen LogP) is 4.85. The number of hydrogen-bond acceptors (Lipinski definition) is 4. The fraction of sp³-hybridized carbons (Fsp3) is 0.280. The fourth-order valence-corrected chi connectivity index (χ4v) is 4.09. The number of nitrogens with zero attached hydrogens (tertiary/aromatic N) is 3. The SMILES string of the molecule is O=C(/N=C(/NCc1ccc(F)c(Cl)c1)N[C@H]1CC[C@H](Nc2ncccn2)CC1)c1ccc(F)c(F)c1. The quantitative estimate of drug-likeness (QED) is 0.320. The monoisotopic (exact) mass is 516 g/mol. The summed E-state index contributed by atoms with van der Waals surface area (Å²) in [5.74, 6) is -2.70. The van der Waals surface area contributed by atoms with Crippen molar-refractivity contribution >= 4 is 29.4 Å². The van der Waals surface area contributed by atoms with E-state index in [1.165, 1.54) is 18.2 Å². The molecule has 1 heterocycles. The smallest absolute Gasteiger partial charge is 0.280 e. The largest absolute Gasteiger partial charge is 0.353 e. The molecule has 2 aromatic carbocycles. The molecule has 7 nitrogen and oxygen atoms in total. The fourth-order valence-electron chi connectivity index (χ4n) is 3.89. The summed E-state index contributed by atoms with van der Waals surface area (Å²) in [7, 11) is 0. The summed E-state index contributed by atoms with van der Waals surface area (Å²) >= 11 is 5.86. The van der Waals surface area contributed by atoms with Gasteiger partial charge in [-0.05, 0) is 67.6 Å². The number of halogens is 4. The average Bonchev–Trinajstić information content (AvgIpc) is 2.88. The zero-order valence-electron chi connectivity index (χ0n) is 19.1. The first-order valence-corrected chi connectivity index (χ1v) is 11.8. The molecule has 0 unspecified atom stereocenters.